The van der Waals surface area contributed by atoms with E-state index >= 15 is 0 Å². The third-order valence-corrected chi connectivity index (χ3v) is 4.90. The molecular formula is C18H16BrN3OS. The summed E-state index contributed by atoms with van der Waals surface area (Å²) in [6, 6.07) is 15.8. The minimum absolute atomic E-state index is 0.00962. The number of rotatable bonds is 5. The van der Waals surface area contributed by atoms with Crippen LogP contribution in [-0.2, 0) is 4.79 Å². The van der Waals surface area contributed by atoms with Gasteiger partial charge in [-0.25, -0.2) is 9.97 Å². The molecule has 0 fully saturated rings. The summed E-state index contributed by atoms with van der Waals surface area (Å²) in [6.07, 6.45) is 0. The molecule has 0 saturated carbocycles. The Labute approximate surface area is 153 Å². The number of para-hydroxylation sites is 1. The molecule has 0 aliphatic heterocycles. The van der Waals surface area contributed by atoms with Crippen LogP contribution in [0.2, 0.25) is 0 Å². The summed E-state index contributed by atoms with van der Waals surface area (Å²) < 4.78 is 1.01. The van der Waals surface area contributed by atoms with Crippen LogP contribution in [0.25, 0.3) is 22.3 Å². The molecule has 1 amide bonds. The van der Waals surface area contributed by atoms with Crippen molar-refractivity contribution >= 4 is 44.5 Å². The van der Waals surface area contributed by atoms with E-state index in [0.29, 0.717) is 18.1 Å². The van der Waals surface area contributed by atoms with E-state index in [2.05, 4.69) is 31.2 Å². The molecule has 122 valence electrons. The third kappa shape index (κ3) is 3.94. The highest BCUT2D eigenvalue weighted by atomic mass is 79.9. The molecule has 4 nitrogen and oxygen atoms in total. The van der Waals surface area contributed by atoms with Gasteiger partial charge in [-0.3, -0.25) is 4.79 Å². The lowest BCUT2D eigenvalue weighted by Crippen LogP contribution is -2.24. The minimum atomic E-state index is 0.00962. The van der Waals surface area contributed by atoms with Gasteiger partial charge >= 0.3 is 0 Å². The van der Waals surface area contributed by atoms with Gasteiger partial charge in [-0.15, -0.1) is 0 Å². The van der Waals surface area contributed by atoms with Crippen molar-refractivity contribution in [2.75, 3.05) is 12.3 Å². The Morgan fingerprint density at radius 2 is 1.88 bits per heavy atom. The topological polar surface area (TPSA) is 54.9 Å². The second kappa shape index (κ2) is 7.77. The summed E-state index contributed by atoms with van der Waals surface area (Å²) in [5.41, 5.74) is 1.83. The van der Waals surface area contributed by atoms with E-state index in [0.717, 1.165) is 26.0 Å². The van der Waals surface area contributed by atoms with Crippen LogP contribution in [0.4, 0.5) is 0 Å². The first-order valence-corrected chi connectivity index (χ1v) is 9.37. The van der Waals surface area contributed by atoms with Crippen LogP contribution < -0.4 is 5.32 Å². The van der Waals surface area contributed by atoms with Gasteiger partial charge < -0.3 is 5.32 Å². The van der Waals surface area contributed by atoms with Crippen molar-refractivity contribution in [3.05, 3.63) is 53.0 Å². The van der Waals surface area contributed by atoms with E-state index in [1.807, 2.05) is 55.5 Å². The number of nitrogens with one attached hydrogen (secondary N) is 1. The summed E-state index contributed by atoms with van der Waals surface area (Å²) >= 11 is 4.88. The normalized spacial score (nSPS) is 10.8. The van der Waals surface area contributed by atoms with E-state index < -0.39 is 0 Å². The average Bonchev–Trinajstić information content (AvgIpc) is 2.60. The zero-order valence-corrected chi connectivity index (χ0v) is 15.5. The number of aromatic nitrogens is 2. The Morgan fingerprint density at radius 1 is 1.12 bits per heavy atom. The van der Waals surface area contributed by atoms with Crippen LogP contribution in [0.15, 0.2) is 58.0 Å². The predicted molar refractivity (Wildman–Crippen MR) is 102 cm³/mol. The smallest absolute Gasteiger partial charge is 0.230 e. The zero-order chi connectivity index (χ0) is 16.9. The molecule has 1 heterocycles. The van der Waals surface area contributed by atoms with Crippen LogP contribution >= 0.6 is 27.7 Å². The lowest BCUT2D eigenvalue weighted by Gasteiger charge is -2.09. The number of hydrogen-bond donors (Lipinski definition) is 1. The van der Waals surface area contributed by atoms with E-state index in [1.165, 1.54) is 11.8 Å². The van der Waals surface area contributed by atoms with Gasteiger partial charge in [0.25, 0.3) is 0 Å². The van der Waals surface area contributed by atoms with Crippen LogP contribution in [0, 0.1) is 0 Å². The van der Waals surface area contributed by atoms with Crippen molar-refractivity contribution < 1.29 is 4.79 Å². The second-order valence-corrected chi connectivity index (χ2v) is 7.00. The fourth-order valence-corrected chi connectivity index (χ4v) is 3.38. The standard InChI is InChI=1S/C18H16BrN3OS/c1-2-20-16(23)11-24-18-14-5-3-4-6-15(14)21-17(22-18)12-7-9-13(19)10-8-12/h3-10H,2,11H2,1H3,(H,20,23). The first-order chi connectivity index (χ1) is 11.7. The number of nitrogens with zero attached hydrogens (tertiary/aromatic N) is 2. The number of thioether (sulfide) groups is 1. The number of carbonyl (C=O) groups excluding carboxylic acids is 1. The molecule has 1 aromatic heterocycles. The van der Waals surface area contributed by atoms with Gasteiger partial charge in [-0.05, 0) is 25.1 Å². The second-order valence-electron chi connectivity index (χ2n) is 5.12. The molecule has 0 spiro atoms. The molecule has 0 unspecified atom stereocenters. The molecule has 0 radical (unpaired) electrons. The Kier molecular flexibility index (Phi) is 5.48. The van der Waals surface area contributed by atoms with Gasteiger partial charge in [0.15, 0.2) is 5.82 Å². The van der Waals surface area contributed by atoms with E-state index in [-0.39, 0.29) is 5.91 Å². The first-order valence-electron chi connectivity index (χ1n) is 7.59. The van der Waals surface area contributed by atoms with Crippen molar-refractivity contribution in [2.24, 2.45) is 0 Å². The van der Waals surface area contributed by atoms with Crippen LogP contribution in [-0.4, -0.2) is 28.2 Å². The number of carbonyl (C=O) groups is 1. The van der Waals surface area contributed by atoms with Gasteiger partial charge in [-0.2, -0.15) is 0 Å². The van der Waals surface area contributed by atoms with Crippen molar-refractivity contribution in [3.63, 3.8) is 0 Å². The Hall–Kier alpha value is -1.92. The molecular weight excluding hydrogens is 386 g/mol. The molecule has 0 saturated heterocycles. The predicted octanol–water partition coefficient (Wildman–Crippen LogP) is 4.29. The lowest BCUT2D eigenvalue weighted by atomic mass is 10.2. The highest BCUT2D eigenvalue weighted by Gasteiger charge is 2.11. The number of halogens is 1. The highest BCUT2D eigenvalue weighted by Crippen LogP contribution is 2.28. The van der Waals surface area contributed by atoms with Gasteiger partial charge in [0.1, 0.15) is 5.03 Å². The minimum Gasteiger partial charge on any atom is -0.356 e. The summed E-state index contributed by atoms with van der Waals surface area (Å²) in [5.74, 6) is 1.02. The summed E-state index contributed by atoms with van der Waals surface area (Å²) in [7, 11) is 0. The molecule has 0 aliphatic carbocycles. The highest BCUT2D eigenvalue weighted by molar-refractivity contribution is 9.10. The lowest BCUT2D eigenvalue weighted by molar-refractivity contribution is -0.118. The maximum absolute atomic E-state index is 11.8. The molecule has 0 bridgehead atoms. The molecule has 6 heteroatoms. The third-order valence-electron chi connectivity index (χ3n) is 3.38. The Morgan fingerprint density at radius 3 is 2.62 bits per heavy atom. The quantitative estimate of drug-likeness (QED) is 0.511. The van der Waals surface area contributed by atoms with Gasteiger partial charge in [0, 0.05) is 22.0 Å². The number of amides is 1. The van der Waals surface area contributed by atoms with Gasteiger partial charge in [0.05, 0.1) is 11.3 Å². The number of hydrogen-bond acceptors (Lipinski definition) is 4. The maximum Gasteiger partial charge on any atom is 0.230 e. The molecule has 2 aromatic carbocycles. The van der Waals surface area contributed by atoms with E-state index in [4.69, 9.17) is 0 Å². The van der Waals surface area contributed by atoms with Gasteiger partial charge in [-0.1, -0.05) is 58.0 Å². The molecule has 0 aliphatic rings. The SMILES string of the molecule is CCNC(=O)CSc1nc(-c2ccc(Br)cc2)nc2ccccc12. The van der Waals surface area contributed by atoms with Gasteiger partial charge in [0.2, 0.25) is 5.91 Å². The zero-order valence-electron chi connectivity index (χ0n) is 13.1. The van der Waals surface area contributed by atoms with Crippen LogP contribution in [0.1, 0.15) is 6.92 Å². The van der Waals surface area contributed by atoms with E-state index in [9.17, 15) is 4.79 Å². The van der Waals surface area contributed by atoms with Crippen molar-refractivity contribution in [3.8, 4) is 11.4 Å². The summed E-state index contributed by atoms with van der Waals surface area (Å²) in [6.45, 7) is 2.54. The van der Waals surface area contributed by atoms with Crippen molar-refractivity contribution in [1.29, 1.82) is 0 Å². The fraction of sp³-hybridized carbons (Fsp3) is 0.167. The van der Waals surface area contributed by atoms with Crippen LogP contribution in [0.3, 0.4) is 0 Å². The van der Waals surface area contributed by atoms with Crippen molar-refractivity contribution in [1.82, 2.24) is 15.3 Å². The maximum atomic E-state index is 11.8. The Balaban J connectivity index is 1.99. The average molecular weight is 402 g/mol. The van der Waals surface area contributed by atoms with Crippen LogP contribution in [0.5, 0.6) is 0 Å². The first kappa shape index (κ1) is 16.9. The number of fused-ring (bicyclic) bond motifs is 1. The summed E-state index contributed by atoms with van der Waals surface area (Å²) in [5, 5.41) is 4.60. The molecule has 1 N–H and O–H groups in total. The Bertz CT molecular complexity index is 868. The molecule has 3 rings (SSSR count). The fourth-order valence-electron chi connectivity index (χ4n) is 2.27. The largest absolute Gasteiger partial charge is 0.356 e. The van der Waals surface area contributed by atoms with Crippen molar-refractivity contribution in [2.45, 2.75) is 11.9 Å². The number of benzene rings is 2. The molecule has 24 heavy (non-hydrogen) atoms. The molecule has 0 atom stereocenters. The van der Waals surface area contributed by atoms with E-state index in [1.54, 1.807) is 0 Å². The summed E-state index contributed by atoms with van der Waals surface area (Å²) in [4.78, 5) is 21.1. The monoisotopic (exact) mass is 401 g/mol. The molecule has 3 aromatic rings.